The summed E-state index contributed by atoms with van der Waals surface area (Å²) in [5, 5.41) is 2.98. The molecule has 0 bridgehead atoms. The van der Waals surface area contributed by atoms with E-state index in [1.54, 1.807) is 0 Å². The van der Waals surface area contributed by atoms with Crippen LogP contribution in [0.15, 0.2) is 48.5 Å². The van der Waals surface area contributed by atoms with Crippen LogP contribution in [0.3, 0.4) is 0 Å². The van der Waals surface area contributed by atoms with Crippen molar-refractivity contribution >= 4 is 11.8 Å². The van der Waals surface area contributed by atoms with Crippen molar-refractivity contribution < 1.29 is 27.5 Å². The summed E-state index contributed by atoms with van der Waals surface area (Å²) < 4.78 is 44.9. The highest BCUT2D eigenvalue weighted by Gasteiger charge is 2.43. The monoisotopic (exact) mass is 446 g/mol. The number of hydrogen-bond donors (Lipinski definition) is 1. The molecule has 0 saturated carbocycles. The molecular formula is C24H25F3N2O3. The number of hydrogen-bond acceptors (Lipinski definition) is 3. The van der Waals surface area contributed by atoms with Gasteiger partial charge in [-0.05, 0) is 43.7 Å². The van der Waals surface area contributed by atoms with Crippen LogP contribution in [0.2, 0.25) is 0 Å². The molecule has 170 valence electrons. The van der Waals surface area contributed by atoms with Gasteiger partial charge in [-0.15, -0.1) is 0 Å². The number of halogens is 3. The van der Waals surface area contributed by atoms with Gasteiger partial charge in [0.05, 0.1) is 11.6 Å². The lowest BCUT2D eigenvalue weighted by Gasteiger charge is -2.42. The van der Waals surface area contributed by atoms with Crippen LogP contribution < -0.4 is 10.1 Å². The van der Waals surface area contributed by atoms with E-state index in [0.29, 0.717) is 44.5 Å². The van der Waals surface area contributed by atoms with Crippen molar-refractivity contribution in [2.75, 3.05) is 13.1 Å². The normalized spacial score (nSPS) is 23.3. The minimum absolute atomic E-state index is 0.0946. The zero-order valence-electron chi connectivity index (χ0n) is 17.7. The Kier molecular flexibility index (Phi) is 5.88. The first kappa shape index (κ1) is 22.2. The van der Waals surface area contributed by atoms with Gasteiger partial charge in [-0.2, -0.15) is 13.2 Å². The van der Waals surface area contributed by atoms with Gasteiger partial charge in [0.25, 0.3) is 5.91 Å². The van der Waals surface area contributed by atoms with Crippen LogP contribution in [0.1, 0.15) is 60.1 Å². The highest BCUT2D eigenvalue weighted by molar-refractivity contribution is 5.94. The average molecular weight is 446 g/mol. The Morgan fingerprint density at radius 3 is 2.56 bits per heavy atom. The van der Waals surface area contributed by atoms with Crippen molar-refractivity contribution in [3.05, 3.63) is 65.2 Å². The number of fused-ring (bicyclic) bond motifs is 1. The summed E-state index contributed by atoms with van der Waals surface area (Å²) in [6.07, 6.45) is -2.40. The SMILES string of the molecule is CCN1CCC2(CCC1=O)CC(NC(=O)c1ccc(C(F)(F)F)cc1)c1ccccc1O2. The van der Waals surface area contributed by atoms with Gasteiger partial charge in [0.2, 0.25) is 5.91 Å². The molecule has 5 nitrogen and oxygen atoms in total. The van der Waals surface area contributed by atoms with Crippen LogP contribution in [0.4, 0.5) is 13.2 Å². The summed E-state index contributed by atoms with van der Waals surface area (Å²) in [6, 6.07) is 11.2. The molecule has 1 saturated heterocycles. The van der Waals surface area contributed by atoms with Crippen molar-refractivity contribution in [1.82, 2.24) is 10.2 Å². The third kappa shape index (κ3) is 4.45. The molecular weight excluding hydrogens is 421 g/mol. The number of nitrogens with zero attached hydrogens (tertiary/aromatic N) is 1. The van der Waals surface area contributed by atoms with Crippen LogP contribution in [0.25, 0.3) is 0 Å². The number of carbonyl (C=O) groups is 2. The number of likely N-dealkylation sites (tertiary alicyclic amines) is 1. The Morgan fingerprint density at radius 1 is 1.16 bits per heavy atom. The van der Waals surface area contributed by atoms with E-state index >= 15 is 0 Å². The summed E-state index contributed by atoms with van der Waals surface area (Å²) in [6.45, 7) is 3.16. The number of benzene rings is 2. The second kappa shape index (κ2) is 8.48. The molecule has 1 spiro atoms. The predicted octanol–water partition coefficient (Wildman–Crippen LogP) is 4.73. The molecule has 2 atom stereocenters. The zero-order valence-corrected chi connectivity index (χ0v) is 17.7. The number of rotatable bonds is 3. The number of nitrogens with one attached hydrogen (secondary N) is 1. The van der Waals surface area contributed by atoms with E-state index in [1.165, 1.54) is 12.1 Å². The number of amides is 2. The van der Waals surface area contributed by atoms with Gasteiger partial charge in [0.15, 0.2) is 0 Å². The topological polar surface area (TPSA) is 58.6 Å². The zero-order chi connectivity index (χ0) is 22.9. The molecule has 0 aromatic heterocycles. The second-order valence-electron chi connectivity index (χ2n) is 8.35. The molecule has 1 fully saturated rings. The Bertz CT molecular complexity index is 1010. The molecule has 4 rings (SSSR count). The fourth-order valence-corrected chi connectivity index (χ4v) is 4.52. The van der Waals surface area contributed by atoms with E-state index in [-0.39, 0.29) is 17.5 Å². The van der Waals surface area contributed by atoms with Gasteiger partial charge < -0.3 is 15.0 Å². The van der Waals surface area contributed by atoms with Crippen LogP contribution >= 0.6 is 0 Å². The van der Waals surface area contributed by atoms with Crippen molar-refractivity contribution in [3.8, 4) is 5.75 Å². The maximum atomic E-state index is 12.9. The fourth-order valence-electron chi connectivity index (χ4n) is 4.52. The lowest BCUT2D eigenvalue weighted by Crippen LogP contribution is -2.46. The second-order valence-corrected chi connectivity index (χ2v) is 8.35. The van der Waals surface area contributed by atoms with Gasteiger partial charge >= 0.3 is 6.18 Å². The van der Waals surface area contributed by atoms with Crippen LogP contribution in [-0.4, -0.2) is 35.4 Å². The maximum Gasteiger partial charge on any atom is 0.416 e. The van der Waals surface area contributed by atoms with Crippen LogP contribution in [-0.2, 0) is 11.0 Å². The van der Waals surface area contributed by atoms with E-state index in [1.807, 2.05) is 36.1 Å². The predicted molar refractivity (Wildman–Crippen MR) is 112 cm³/mol. The molecule has 8 heteroatoms. The maximum absolute atomic E-state index is 12.9. The lowest BCUT2D eigenvalue weighted by molar-refractivity contribution is -0.137. The minimum Gasteiger partial charge on any atom is -0.487 e. The van der Waals surface area contributed by atoms with E-state index < -0.39 is 23.2 Å². The number of ether oxygens (including phenoxy) is 1. The molecule has 2 aromatic carbocycles. The molecule has 0 aliphatic carbocycles. The number of alkyl halides is 3. The van der Waals surface area contributed by atoms with Gasteiger partial charge in [-0.3, -0.25) is 9.59 Å². The Morgan fingerprint density at radius 2 is 1.88 bits per heavy atom. The summed E-state index contributed by atoms with van der Waals surface area (Å²) in [5.41, 5.74) is -0.412. The summed E-state index contributed by atoms with van der Waals surface area (Å²) in [5.74, 6) is 0.307. The summed E-state index contributed by atoms with van der Waals surface area (Å²) in [7, 11) is 0. The first-order valence-corrected chi connectivity index (χ1v) is 10.7. The van der Waals surface area contributed by atoms with Crippen molar-refractivity contribution in [2.24, 2.45) is 0 Å². The fraction of sp³-hybridized carbons (Fsp3) is 0.417. The van der Waals surface area contributed by atoms with Crippen molar-refractivity contribution in [2.45, 2.75) is 50.4 Å². The Balaban J connectivity index is 1.57. The minimum atomic E-state index is -4.45. The quantitative estimate of drug-likeness (QED) is 0.742. The number of carbonyl (C=O) groups excluding carboxylic acids is 2. The molecule has 0 radical (unpaired) electrons. The molecule has 1 N–H and O–H groups in total. The smallest absolute Gasteiger partial charge is 0.416 e. The largest absolute Gasteiger partial charge is 0.487 e. The van der Waals surface area contributed by atoms with Gasteiger partial charge in [-0.25, -0.2) is 0 Å². The van der Waals surface area contributed by atoms with Crippen molar-refractivity contribution in [3.63, 3.8) is 0 Å². The summed E-state index contributed by atoms with van der Waals surface area (Å²) >= 11 is 0. The highest BCUT2D eigenvalue weighted by Crippen LogP contribution is 2.44. The van der Waals surface area contributed by atoms with Gasteiger partial charge in [-0.1, -0.05) is 18.2 Å². The first-order valence-electron chi connectivity index (χ1n) is 10.7. The van der Waals surface area contributed by atoms with Gasteiger partial charge in [0.1, 0.15) is 11.4 Å². The van der Waals surface area contributed by atoms with E-state index in [0.717, 1.165) is 17.7 Å². The molecule has 2 aliphatic rings. The molecule has 2 aromatic rings. The number of para-hydroxylation sites is 1. The Hall–Kier alpha value is -3.03. The Labute approximate surface area is 184 Å². The average Bonchev–Trinajstić information content (AvgIpc) is 2.92. The highest BCUT2D eigenvalue weighted by atomic mass is 19.4. The molecule has 32 heavy (non-hydrogen) atoms. The third-order valence-electron chi connectivity index (χ3n) is 6.34. The van der Waals surface area contributed by atoms with Crippen molar-refractivity contribution in [1.29, 1.82) is 0 Å². The van der Waals surface area contributed by atoms with E-state index in [2.05, 4.69) is 5.32 Å². The van der Waals surface area contributed by atoms with Crippen LogP contribution in [0.5, 0.6) is 5.75 Å². The van der Waals surface area contributed by atoms with Gasteiger partial charge in [0, 0.05) is 43.5 Å². The van der Waals surface area contributed by atoms with E-state index in [4.69, 9.17) is 4.74 Å². The standard InChI is InChI=1S/C24H25F3N2O3/c1-2-29-14-13-23(12-11-21(29)30)15-19(18-5-3-4-6-20(18)32-23)28-22(31)16-7-9-17(10-8-16)24(25,26)27/h3-10,19H,2,11-15H2,1H3,(H,28,31). The lowest BCUT2D eigenvalue weighted by atomic mass is 9.82. The van der Waals surface area contributed by atoms with E-state index in [9.17, 15) is 22.8 Å². The molecule has 2 unspecified atom stereocenters. The third-order valence-corrected chi connectivity index (χ3v) is 6.34. The molecule has 2 amide bonds. The summed E-state index contributed by atoms with van der Waals surface area (Å²) in [4.78, 5) is 27.1. The molecule has 2 aliphatic heterocycles. The van der Waals surface area contributed by atoms with Crippen LogP contribution in [0, 0.1) is 0 Å². The molecule has 2 heterocycles. The first-order chi connectivity index (χ1) is 15.2.